The summed E-state index contributed by atoms with van der Waals surface area (Å²) in [6.07, 6.45) is 0.978. The van der Waals surface area contributed by atoms with E-state index < -0.39 is 11.8 Å². The molecular formula is C25H27N3O3S. The zero-order valence-electron chi connectivity index (χ0n) is 18.0. The molecule has 2 aromatic carbocycles. The van der Waals surface area contributed by atoms with Crippen LogP contribution in [-0.2, 0) is 29.1 Å². The van der Waals surface area contributed by atoms with Crippen molar-refractivity contribution >= 4 is 23.2 Å². The first-order valence-corrected chi connectivity index (χ1v) is 11.6. The standard InChI is InChI=1S/C25H27N3O3S/c1-31-22-8-4-5-18(13-22)14-26-24(29)25(30)27-15-23(21-10-12-32-17-21)28-11-9-19-6-2-3-7-20(19)16-28/h2-8,10,12-13,17,23H,9,11,14-16H2,1H3,(H,26,29)(H,27,30). The van der Waals surface area contributed by atoms with Crippen LogP contribution in [0.25, 0.3) is 0 Å². The highest BCUT2D eigenvalue weighted by atomic mass is 32.1. The zero-order chi connectivity index (χ0) is 22.3. The smallest absolute Gasteiger partial charge is 0.309 e. The zero-order valence-corrected chi connectivity index (χ0v) is 18.9. The number of hydrogen-bond acceptors (Lipinski definition) is 5. The number of methoxy groups -OCH3 is 1. The number of fused-ring (bicyclic) bond motifs is 1. The maximum Gasteiger partial charge on any atom is 0.309 e. The molecule has 3 aromatic rings. The average Bonchev–Trinajstić information content (AvgIpc) is 3.37. The quantitative estimate of drug-likeness (QED) is 0.543. The van der Waals surface area contributed by atoms with Gasteiger partial charge in [0.1, 0.15) is 5.75 Å². The number of ether oxygens (including phenoxy) is 1. The van der Waals surface area contributed by atoms with E-state index in [1.807, 2.05) is 29.6 Å². The van der Waals surface area contributed by atoms with Crippen LogP contribution in [0.5, 0.6) is 5.75 Å². The van der Waals surface area contributed by atoms with Crippen LogP contribution in [0.1, 0.15) is 28.3 Å². The molecule has 166 valence electrons. The summed E-state index contributed by atoms with van der Waals surface area (Å²) in [6.45, 7) is 2.38. The fourth-order valence-corrected chi connectivity index (χ4v) is 4.73. The highest BCUT2D eigenvalue weighted by molar-refractivity contribution is 7.08. The molecule has 1 atom stereocenters. The van der Waals surface area contributed by atoms with Crippen LogP contribution in [0.15, 0.2) is 65.4 Å². The Kier molecular flexibility index (Phi) is 7.19. The number of rotatable bonds is 7. The Morgan fingerprint density at radius 2 is 1.88 bits per heavy atom. The van der Waals surface area contributed by atoms with Gasteiger partial charge >= 0.3 is 11.8 Å². The molecule has 1 aliphatic heterocycles. The number of carbonyl (C=O) groups is 2. The number of benzene rings is 2. The van der Waals surface area contributed by atoms with Crippen molar-refractivity contribution in [3.05, 3.63) is 87.6 Å². The van der Waals surface area contributed by atoms with Gasteiger partial charge in [0.25, 0.3) is 0 Å². The Morgan fingerprint density at radius 1 is 1.06 bits per heavy atom. The lowest BCUT2D eigenvalue weighted by molar-refractivity contribution is -0.139. The van der Waals surface area contributed by atoms with Gasteiger partial charge in [0.05, 0.1) is 13.2 Å². The molecule has 6 nitrogen and oxygen atoms in total. The highest BCUT2D eigenvalue weighted by Crippen LogP contribution is 2.28. The Bertz CT molecular complexity index is 1070. The summed E-state index contributed by atoms with van der Waals surface area (Å²) in [5, 5.41) is 9.68. The van der Waals surface area contributed by atoms with E-state index in [1.165, 1.54) is 11.1 Å². The van der Waals surface area contributed by atoms with Gasteiger partial charge in [0, 0.05) is 26.2 Å². The normalized spacial score (nSPS) is 14.3. The molecule has 0 bridgehead atoms. The molecule has 1 aliphatic rings. The van der Waals surface area contributed by atoms with Gasteiger partial charge in [0.2, 0.25) is 0 Å². The Morgan fingerprint density at radius 3 is 2.66 bits per heavy atom. The highest BCUT2D eigenvalue weighted by Gasteiger charge is 2.26. The summed E-state index contributed by atoms with van der Waals surface area (Å²) in [5.74, 6) is -0.547. The first kappa shape index (κ1) is 22.0. The van der Waals surface area contributed by atoms with Crippen molar-refractivity contribution in [3.8, 4) is 5.75 Å². The van der Waals surface area contributed by atoms with Crippen LogP contribution in [0, 0.1) is 0 Å². The average molecular weight is 450 g/mol. The number of thiophene rings is 1. The topological polar surface area (TPSA) is 70.7 Å². The molecule has 0 radical (unpaired) electrons. The lowest BCUT2D eigenvalue weighted by atomic mass is 9.97. The van der Waals surface area contributed by atoms with Crippen LogP contribution in [-0.4, -0.2) is 36.9 Å². The van der Waals surface area contributed by atoms with E-state index in [0.29, 0.717) is 12.3 Å². The molecule has 1 aromatic heterocycles. The van der Waals surface area contributed by atoms with Crippen molar-refractivity contribution in [2.45, 2.75) is 25.6 Å². The minimum Gasteiger partial charge on any atom is -0.497 e. The summed E-state index contributed by atoms with van der Waals surface area (Å²) in [6, 6.07) is 18.0. The van der Waals surface area contributed by atoms with Crippen LogP contribution >= 0.6 is 11.3 Å². The number of nitrogens with one attached hydrogen (secondary N) is 2. The van der Waals surface area contributed by atoms with Crippen molar-refractivity contribution in [1.29, 1.82) is 0 Å². The van der Waals surface area contributed by atoms with Crippen molar-refractivity contribution in [1.82, 2.24) is 15.5 Å². The van der Waals surface area contributed by atoms with Crippen LogP contribution in [0.2, 0.25) is 0 Å². The Balaban J connectivity index is 1.36. The summed E-state index contributed by atoms with van der Waals surface area (Å²) < 4.78 is 5.19. The van der Waals surface area contributed by atoms with E-state index in [-0.39, 0.29) is 12.6 Å². The molecule has 0 saturated carbocycles. The van der Waals surface area contributed by atoms with E-state index in [4.69, 9.17) is 4.74 Å². The second-order valence-corrected chi connectivity index (χ2v) is 8.59. The molecule has 2 amide bonds. The molecule has 0 fully saturated rings. The van der Waals surface area contributed by atoms with Crippen molar-refractivity contribution in [2.24, 2.45) is 0 Å². The van der Waals surface area contributed by atoms with E-state index in [0.717, 1.165) is 30.6 Å². The van der Waals surface area contributed by atoms with Crippen molar-refractivity contribution in [3.63, 3.8) is 0 Å². The van der Waals surface area contributed by atoms with E-state index >= 15 is 0 Å². The third-order valence-electron chi connectivity index (χ3n) is 5.78. The van der Waals surface area contributed by atoms with Gasteiger partial charge in [-0.25, -0.2) is 0 Å². The molecule has 32 heavy (non-hydrogen) atoms. The Hall–Kier alpha value is -3.16. The molecule has 7 heteroatoms. The van der Waals surface area contributed by atoms with Gasteiger partial charge in [0.15, 0.2) is 0 Å². The second-order valence-electron chi connectivity index (χ2n) is 7.81. The lowest BCUT2D eigenvalue weighted by Gasteiger charge is -2.35. The molecule has 0 aliphatic carbocycles. The molecular weight excluding hydrogens is 422 g/mol. The Labute approximate surface area is 192 Å². The van der Waals surface area contributed by atoms with Crippen molar-refractivity contribution in [2.75, 3.05) is 20.2 Å². The fourth-order valence-electron chi connectivity index (χ4n) is 4.02. The monoisotopic (exact) mass is 449 g/mol. The predicted molar refractivity (Wildman–Crippen MR) is 125 cm³/mol. The van der Waals surface area contributed by atoms with Crippen LogP contribution in [0.3, 0.4) is 0 Å². The van der Waals surface area contributed by atoms with Crippen LogP contribution < -0.4 is 15.4 Å². The van der Waals surface area contributed by atoms with Gasteiger partial charge in [-0.15, -0.1) is 0 Å². The number of nitrogens with zero attached hydrogens (tertiary/aromatic N) is 1. The second kappa shape index (κ2) is 10.4. The minimum absolute atomic E-state index is 0.0183. The summed E-state index contributed by atoms with van der Waals surface area (Å²) >= 11 is 1.64. The molecule has 2 heterocycles. The van der Waals surface area contributed by atoms with Gasteiger partial charge in [-0.05, 0) is 57.6 Å². The molecule has 1 unspecified atom stereocenters. The maximum absolute atomic E-state index is 12.5. The maximum atomic E-state index is 12.5. The predicted octanol–water partition coefficient (Wildman–Crippen LogP) is 3.29. The van der Waals surface area contributed by atoms with Gasteiger partial charge in [-0.2, -0.15) is 11.3 Å². The number of hydrogen-bond donors (Lipinski definition) is 2. The summed E-state index contributed by atoms with van der Waals surface area (Å²) in [4.78, 5) is 27.2. The number of amides is 2. The molecule has 0 spiro atoms. The van der Waals surface area contributed by atoms with E-state index in [9.17, 15) is 9.59 Å². The summed E-state index contributed by atoms with van der Waals surface area (Å²) in [5.41, 5.74) is 4.73. The van der Waals surface area contributed by atoms with Crippen LogP contribution in [0.4, 0.5) is 0 Å². The SMILES string of the molecule is COc1cccc(CNC(=O)C(=O)NCC(c2ccsc2)N2CCc3ccccc3C2)c1. The number of carbonyl (C=O) groups excluding carboxylic acids is 2. The lowest BCUT2D eigenvalue weighted by Crippen LogP contribution is -2.45. The minimum atomic E-state index is -0.638. The summed E-state index contributed by atoms with van der Waals surface area (Å²) in [7, 11) is 1.59. The van der Waals surface area contributed by atoms with Crippen molar-refractivity contribution < 1.29 is 14.3 Å². The third kappa shape index (κ3) is 5.36. The van der Waals surface area contributed by atoms with Gasteiger partial charge in [-0.1, -0.05) is 36.4 Å². The first-order chi connectivity index (χ1) is 15.6. The van der Waals surface area contributed by atoms with Gasteiger partial charge in [-0.3, -0.25) is 14.5 Å². The van der Waals surface area contributed by atoms with E-state index in [2.05, 4.69) is 51.2 Å². The van der Waals surface area contributed by atoms with Gasteiger partial charge < -0.3 is 15.4 Å². The first-order valence-electron chi connectivity index (χ1n) is 10.7. The fraction of sp³-hybridized carbons (Fsp3) is 0.280. The third-order valence-corrected chi connectivity index (χ3v) is 6.48. The molecule has 4 rings (SSSR count). The van der Waals surface area contributed by atoms with E-state index in [1.54, 1.807) is 18.4 Å². The molecule has 2 N–H and O–H groups in total. The molecule has 0 saturated heterocycles. The largest absolute Gasteiger partial charge is 0.497 e.